The summed E-state index contributed by atoms with van der Waals surface area (Å²) in [5.74, 6) is -0.701. The lowest BCUT2D eigenvalue weighted by Gasteiger charge is -2.38. The first-order chi connectivity index (χ1) is 8.29. The Balaban J connectivity index is 2.05. The number of hydrogen-bond donors (Lipinski definition) is 2. The summed E-state index contributed by atoms with van der Waals surface area (Å²) >= 11 is 0. The van der Waals surface area contributed by atoms with E-state index in [4.69, 9.17) is 0 Å². The van der Waals surface area contributed by atoms with Crippen LogP contribution in [0.2, 0.25) is 0 Å². The second-order valence-corrected chi connectivity index (χ2v) is 4.93. The van der Waals surface area contributed by atoms with E-state index in [9.17, 15) is 9.90 Å². The number of allylic oxidation sites excluding steroid dienone is 1. The molecule has 4 nitrogen and oxygen atoms in total. The van der Waals surface area contributed by atoms with Crippen LogP contribution in [0.15, 0.2) is 12.2 Å². The third kappa shape index (κ3) is 3.30. The van der Waals surface area contributed by atoms with Gasteiger partial charge in [0.2, 0.25) is 0 Å². The minimum Gasteiger partial charge on any atom is -0.480 e. The molecular weight excluding hydrogens is 216 g/mol. The molecule has 0 saturated carbocycles. The monoisotopic (exact) mass is 238 g/mol. The van der Waals surface area contributed by atoms with Gasteiger partial charge in [0.05, 0.1) is 0 Å². The van der Waals surface area contributed by atoms with Crippen molar-refractivity contribution in [3.8, 4) is 0 Å². The van der Waals surface area contributed by atoms with Gasteiger partial charge in [-0.15, -0.1) is 0 Å². The van der Waals surface area contributed by atoms with Gasteiger partial charge in [-0.1, -0.05) is 25.0 Å². The van der Waals surface area contributed by atoms with Gasteiger partial charge in [0, 0.05) is 25.7 Å². The molecule has 2 N–H and O–H groups in total. The molecule has 0 radical (unpaired) electrons. The summed E-state index contributed by atoms with van der Waals surface area (Å²) in [7, 11) is 0. The maximum atomic E-state index is 11.3. The molecule has 1 aliphatic heterocycles. The minimum absolute atomic E-state index is 0.318. The number of hydrogen-bond acceptors (Lipinski definition) is 3. The van der Waals surface area contributed by atoms with Crippen molar-refractivity contribution in [1.29, 1.82) is 0 Å². The first-order valence-electron chi connectivity index (χ1n) is 6.65. The Kier molecular flexibility index (Phi) is 4.57. The zero-order chi connectivity index (χ0) is 12.1. The van der Waals surface area contributed by atoms with Gasteiger partial charge in [0.1, 0.15) is 6.04 Å². The molecule has 1 heterocycles. The van der Waals surface area contributed by atoms with E-state index in [1.807, 2.05) is 0 Å². The molecule has 1 aliphatic carbocycles. The Morgan fingerprint density at radius 1 is 1.35 bits per heavy atom. The van der Waals surface area contributed by atoms with Gasteiger partial charge in [-0.05, 0) is 19.3 Å². The fourth-order valence-corrected chi connectivity index (χ4v) is 2.76. The molecule has 1 fully saturated rings. The number of piperazine rings is 1. The van der Waals surface area contributed by atoms with E-state index in [0.717, 1.165) is 25.9 Å². The summed E-state index contributed by atoms with van der Waals surface area (Å²) in [6, 6.07) is -0.0451. The quantitative estimate of drug-likeness (QED) is 0.711. The van der Waals surface area contributed by atoms with E-state index in [-0.39, 0.29) is 6.04 Å². The van der Waals surface area contributed by atoms with Crippen LogP contribution in [0.4, 0.5) is 0 Å². The normalized spacial score (nSPS) is 33.6. The van der Waals surface area contributed by atoms with Crippen molar-refractivity contribution in [2.24, 2.45) is 0 Å². The summed E-state index contributed by atoms with van der Waals surface area (Å²) in [6.45, 7) is 2.31. The van der Waals surface area contributed by atoms with Crippen LogP contribution in [-0.4, -0.2) is 47.7 Å². The summed E-state index contributed by atoms with van der Waals surface area (Å²) in [4.78, 5) is 13.4. The third-order valence-electron chi connectivity index (χ3n) is 3.72. The topological polar surface area (TPSA) is 52.6 Å². The number of carboxylic acids is 1. The van der Waals surface area contributed by atoms with Crippen LogP contribution in [0.5, 0.6) is 0 Å². The predicted octanol–water partition coefficient (Wildman–Crippen LogP) is 1.23. The largest absolute Gasteiger partial charge is 0.480 e. The third-order valence-corrected chi connectivity index (χ3v) is 3.72. The molecule has 1 saturated heterocycles. The van der Waals surface area contributed by atoms with Crippen molar-refractivity contribution in [1.82, 2.24) is 10.2 Å². The Morgan fingerprint density at radius 3 is 3.06 bits per heavy atom. The van der Waals surface area contributed by atoms with Crippen LogP contribution in [0.1, 0.15) is 32.1 Å². The molecule has 0 aromatic heterocycles. The van der Waals surface area contributed by atoms with Gasteiger partial charge < -0.3 is 10.4 Å². The maximum Gasteiger partial charge on any atom is 0.322 e. The predicted molar refractivity (Wildman–Crippen MR) is 67.0 cm³/mol. The highest BCUT2D eigenvalue weighted by atomic mass is 16.4. The zero-order valence-corrected chi connectivity index (χ0v) is 10.3. The molecule has 96 valence electrons. The standard InChI is InChI=1S/C13H22N2O2/c16-13(17)12-10-14-8-9-15(12)11-6-4-2-1-3-5-7-11/h4,6,11-12,14H,1-3,5,7-10H2,(H,16,17)/b6-4+. The summed E-state index contributed by atoms with van der Waals surface area (Å²) < 4.78 is 0. The van der Waals surface area contributed by atoms with Crippen molar-refractivity contribution in [3.63, 3.8) is 0 Å². The van der Waals surface area contributed by atoms with Crippen molar-refractivity contribution in [2.45, 2.75) is 44.2 Å². The smallest absolute Gasteiger partial charge is 0.322 e. The number of carbonyl (C=O) groups is 1. The van der Waals surface area contributed by atoms with Crippen LogP contribution >= 0.6 is 0 Å². The van der Waals surface area contributed by atoms with E-state index in [0.29, 0.717) is 12.6 Å². The number of aliphatic carboxylic acids is 1. The lowest BCUT2D eigenvalue weighted by atomic mass is 9.99. The Hall–Kier alpha value is -0.870. The first-order valence-corrected chi connectivity index (χ1v) is 6.65. The number of rotatable bonds is 2. The molecule has 2 rings (SSSR count). The van der Waals surface area contributed by atoms with Gasteiger partial charge in [-0.3, -0.25) is 9.69 Å². The van der Waals surface area contributed by atoms with Crippen LogP contribution in [0.25, 0.3) is 0 Å². The SMILES string of the molecule is O=C(O)C1CNCCN1C1/C=C/CCCCC1. The Bertz CT molecular complexity index is 291. The number of nitrogens with one attached hydrogen (secondary N) is 1. The van der Waals surface area contributed by atoms with Gasteiger partial charge in [-0.2, -0.15) is 0 Å². The molecule has 2 unspecified atom stereocenters. The van der Waals surface area contributed by atoms with E-state index in [1.54, 1.807) is 0 Å². The number of carboxylic acid groups (broad SMARTS) is 1. The highest BCUT2D eigenvalue weighted by Gasteiger charge is 2.32. The lowest BCUT2D eigenvalue weighted by Crippen LogP contribution is -2.58. The van der Waals surface area contributed by atoms with Crippen molar-refractivity contribution >= 4 is 5.97 Å². The highest BCUT2D eigenvalue weighted by molar-refractivity contribution is 5.74. The molecule has 0 bridgehead atoms. The summed E-state index contributed by atoms with van der Waals surface area (Å²) in [5, 5.41) is 12.4. The van der Waals surface area contributed by atoms with Gasteiger partial charge in [0.15, 0.2) is 0 Å². The molecule has 2 atom stereocenters. The number of nitrogens with zero attached hydrogens (tertiary/aromatic N) is 1. The molecule has 0 spiro atoms. The fraction of sp³-hybridized carbons (Fsp3) is 0.769. The molecular formula is C13H22N2O2. The van der Waals surface area contributed by atoms with Crippen molar-refractivity contribution < 1.29 is 9.90 Å². The van der Waals surface area contributed by atoms with Crippen LogP contribution in [0, 0.1) is 0 Å². The molecule has 0 amide bonds. The molecule has 0 aromatic carbocycles. The molecule has 0 aromatic rings. The molecule has 17 heavy (non-hydrogen) atoms. The Morgan fingerprint density at radius 2 is 2.24 bits per heavy atom. The molecule has 4 heteroatoms. The van der Waals surface area contributed by atoms with Gasteiger partial charge >= 0.3 is 5.97 Å². The average molecular weight is 238 g/mol. The highest BCUT2D eigenvalue weighted by Crippen LogP contribution is 2.19. The van der Waals surface area contributed by atoms with E-state index < -0.39 is 5.97 Å². The van der Waals surface area contributed by atoms with Crippen molar-refractivity contribution in [3.05, 3.63) is 12.2 Å². The van der Waals surface area contributed by atoms with Gasteiger partial charge in [-0.25, -0.2) is 0 Å². The van der Waals surface area contributed by atoms with Crippen LogP contribution < -0.4 is 5.32 Å². The zero-order valence-electron chi connectivity index (χ0n) is 10.3. The maximum absolute atomic E-state index is 11.3. The first kappa shape index (κ1) is 12.6. The van der Waals surface area contributed by atoms with E-state index in [2.05, 4.69) is 22.4 Å². The van der Waals surface area contributed by atoms with Crippen molar-refractivity contribution in [2.75, 3.05) is 19.6 Å². The minimum atomic E-state index is -0.701. The van der Waals surface area contributed by atoms with E-state index in [1.165, 1.54) is 19.3 Å². The van der Waals surface area contributed by atoms with Crippen LogP contribution in [-0.2, 0) is 4.79 Å². The lowest BCUT2D eigenvalue weighted by molar-refractivity contribution is -0.144. The van der Waals surface area contributed by atoms with E-state index >= 15 is 0 Å². The second-order valence-electron chi connectivity index (χ2n) is 4.93. The fourth-order valence-electron chi connectivity index (χ4n) is 2.76. The molecule has 2 aliphatic rings. The Labute approximate surface area is 103 Å². The summed E-state index contributed by atoms with van der Waals surface area (Å²) in [6.07, 6.45) is 10.4. The van der Waals surface area contributed by atoms with Crippen LogP contribution in [0.3, 0.4) is 0 Å². The summed E-state index contributed by atoms with van der Waals surface area (Å²) in [5.41, 5.74) is 0. The average Bonchev–Trinajstić information content (AvgIpc) is 2.28. The second kappa shape index (κ2) is 6.17. The van der Waals surface area contributed by atoms with Gasteiger partial charge in [0.25, 0.3) is 0 Å².